The zero-order valence-corrected chi connectivity index (χ0v) is 18.6. The van der Waals surface area contributed by atoms with Gasteiger partial charge in [-0.25, -0.2) is 8.42 Å². The van der Waals surface area contributed by atoms with Gasteiger partial charge in [-0.1, -0.05) is 35.0 Å². The predicted molar refractivity (Wildman–Crippen MR) is 119 cm³/mol. The van der Waals surface area contributed by atoms with Crippen molar-refractivity contribution in [3.05, 3.63) is 93.8 Å². The lowest BCUT2D eigenvalue weighted by Crippen LogP contribution is -2.12. The van der Waals surface area contributed by atoms with Crippen LogP contribution in [0.15, 0.2) is 70.8 Å². The largest absolute Gasteiger partial charge is 0.411 e. The Hall–Kier alpha value is -2.70. The molecule has 0 aliphatic carbocycles. The number of aryl methyl sites for hydroxylation is 2. The van der Waals surface area contributed by atoms with Crippen molar-refractivity contribution in [2.75, 3.05) is 6.26 Å². The second-order valence-electron chi connectivity index (χ2n) is 7.33. The zero-order chi connectivity index (χ0) is 21.9. The number of oxime groups is 1. The number of aromatic nitrogens is 1. The topological polar surface area (TPSA) is 79.6 Å². The number of pyridine rings is 1. The Balaban J connectivity index is 2.08. The smallest absolute Gasteiger partial charge is 0.175 e. The van der Waals surface area contributed by atoms with Crippen LogP contribution >= 0.6 is 11.6 Å². The van der Waals surface area contributed by atoms with Crippen LogP contribution in [0.1, 0.15) is 40.3 Å². The van der Waals surface area contributed by atoms with E-state index in [4.69, 9.17) is 11.6 Å². The van der Waals surface area contributed by atoms with E-state index < -0.39 is 9.84 Å². The maximum Gasteiger partial charge on any atom is 0.175 e. The molecule has 2 aromatic carbocycles. The van der Waals surface area contributed by atoms with Crippen LogP contribution in [-0.2, 0) is 9.84 Å². The van der Waals surface area contributed by atoms with E-state index in [9.17, 15) is 13.6 Å². The summed E-state index contributed by atoms with van der Waals surface area (Å²) < 4.78 is 23.7. The van der Waals surface area contributed by atoms with Crippen LogP contribution in [0.4, 0.5) is 0 Å². The van der Waals surface area contributed by atoms with Crippen LogP contribution in [0.25, 0.3) is 0 Å². The summed E-state index contributed by atoms with van der Waals surface area (Å²) in [5.74, 6) is -0.157. The molecule has 1 aromatic heterocycles. The molecule has 156 valence electrons. The number of rotatable bonds is 6. The first kappa shape index (κ1) is 22.0. The Kier molecular flexibility index (Phi) is 6.58. The minimum Gasteiger partial charge on any atom is -0.411 e. The minimum atomic E-state index is -3.29. The van der Waals surface area contributed by atoms with Crippen molar-refractivity contribution >= 4 is 27.1 Å². The fourth-order valence-corrected chi connectivity index (χ4v) is 4.38. The normalized spacial score (nSPS) is 13.3. The van der Waals surface area contributed by atoms with E-state index in [0.29, 0.717) is 17.2 Å². The monoisotopic (exact) mass is 442 g/mol. The molecule has 0 fully saturated rings. The van der Waals surface area contributed by atoms with E-state index >= 15 is 0 Å². The van der Waals surface area contributed by atoms with Crippen molar-refractivity contribution in [1.82, 2.24) is 4.98 Å². The quantitative estimate of drug-likeness (QED) is 0.325. The molecule has 1 atom stereocenters. The van der Waals surface area contributed by atoms with Crippen molar-refractivity contribution in [2.45, 2.75) is 31.1 Å². The van der Waals surface area contributed by atoms with Gasteiger partial charge in [0.15, 0.2) is 9.84 Å². The molecule has 30 heavy (non-hydrogen) atoms. The summed E-state index contributed by atoms with van der Waals surface area (Å²) in [6.07, 6.45) is 3.28. The van der Waals surface area contributed by atoms with Gasteiger partial charge in [0.1, 0.15) is 0 Å². The van der Waals surface area contributed by atoms with Crippen molar-refractivity contribution in [1.29, 1.82) is 0 Å². The molecule has 0 radical (unpaired) electrons. The van der Waals surface area contributed by atoms with Crippen molar-refractivity contribution in [3.63, 3.8) is 0 Å². The Labute approximate surface area is 182 Å². The van der Waals surface area contributed by atoms with Crippen LogP contribution in [0.2, 0.25) is 5.02 Å². The molecule has 0 aliphatic heterocycles. The van der Waals surface area contributed by atoms with Gasteiger partial charge in [0.25, 0.3) is 0 Å². The SMILES string of the molecule is Cc1cc(/C(C[C@H](c2ccc(S(C)(=O)=O)cc2)c2ccc(Cl)cc2C)=N/O)ccn1. The molecule has 7 heteroatoms. The number of halogens is 1. The van der Waals surface area contributed by atoms with Crippen LogP contribution in [-0.4, -0.2) is 30.6 Å². The van der Waals surface area contributed by atoms with Gasteiger partial charge in [-0.15, -0.1) is 0 Å². The summed E-state index contributed by atoms with van der Waals surface area (Å²) in [6.45, 7) is 3.86. The maximum absolute atomic E-state index is 11.8. The number of sulfone groups is 1. The third kappa shape index (κ3) is 5.07. The van der Waals surface area contributed by atoms with E-state index in [2.05, 4.69) is 10.1 Å². The lowest BCUT2D eigenvalue weighted by atomic mass is 9.83. The predicted octanol–water partition coefficient (Wildman–Crippen LogP) is 5.16. The van der Waals surface area contributed by atoms with Gasteiger partial charge in [-0.3, -0.25) is 4.98 Å². The maximum atomic E-state index is 11.8. The van der Waals surface area contributed by atoms with Gasteiger partial charge >= 0.3 is 0 Å². The second-order valence-corrected chi connectivity index (χ2v) is 9.78. The highest BCUT2D eigenvalue weighted by Crippen LogP contribution is 2.33. The lowest BCUT2D eigenvalue weighted by molar-refractivity contribution is 0.317. The van der Waals surface area contributed by atoms with Crippen molar-refractivity contribution in [2.24, 2.45) is 5.16 Å². The van der Waals surface area contributed by atoms with Gasteiger partial charge < -0.3 is 5.21 Å². The molecule has 0 bridgehead atoms. The van der Waals surface area contributed by atoms with Crippen molar-refractivity contribution < 1.29 is 13.6 Å². The molecule has 0 unspecified atom stereocenters. The van der Waals surface area contributed by atoms with E-state index in [-0.39, 0.29) is 10.8 Å². The molecular formula is C23H23ClN2O3S. The zero-order valence-electron chi connectivity index (χ0n) is 17.0. The van der Waals surface area contributed by atoms with Gasteiger partial charge in [0.05, 0.1) is 10.6 Å². The van der Waals surface area contributed by atoms with Crippen LogP contribution < -0.4 is 0 Å². The van der Waals surface area contributed by atoms with E-state index in [1.807, 2.05) is 50.2 Å². The molecule has 3 rings (SSSR count). The molecule has 0 spiro atoms. The molecule has 0 saturated carbocycles. The molecule has 0 saturated heterocycles. The van der Waals surface area contributed by atoms with Crippen LogP contribution in [0.3, 0.4) is 0 Å². The molecule has 3 aromatic rings. The van der Waals surface area contributed by atoms with Crippen molar-refractivity contribution in [3.8, 4) is 0 Å². The Morgan fingerprint density at radius 3 is 2.37 bits per heavy atom. The second kappa shape index (κ2) is 8.98. The third-order valence-corrected chi connectivity index (χ3v) is 6.43. The molecule has 1 heterocycles. The average molecular weight is 443 g/mol. The minimum absolute atomic E-state index is 0.157. The fourth-order valence-electron chi connectivity index (χ4n) is 3.52. The third-order valence-electron chi connectivity index (χ3n) is 5.07. The summed E-state index contributed by atoms with van der Waals surface area (Å²) >= 11 is 6.15. The highest BCUT2D eigenvalue weighted by molar-refractivity contribution is 7.90. The highest BCUT2D eigenvalue weighted by atomic mass is 35.5. The molecule has 0 aliphatic rings. The number of hydrogen-bond donors (Lipinski definition) is 1. The molecule has 5 nitrogen and oxygen atoms in total. The first-order valence-electron chi connectivity index (χ1n) is 9.39. The summed E-state index contributed by atoms with van der Waals surface area (Å²) in [4.78, 5) is 4.46. The Bertz CT molecular complexity index is 1190. The Morgan fingerprint density at radius 1 is 1.10 bits per heavy atom. The lowest BCUT2D eigenvalue weighted by Gasteiger charge is -2.21. The molecule has 0 amide bonds. The molecular weight excluding hydrogens is 420 g/mol. The van der Waals surface area contributed by atoms with Gasteiger partial charge in [0, 0.05) is 41.1 Å². The standard InChI is InChI=1S/C23H23ClN2O3S/c1-15-12-19(24)6-9-21(15)22(17-4-7-20(8-5-17)30(3,28)29)14-23(26-27)18-10-11-25-16(2)13-18/h4-13,22,27H,14H2,1-3H3/b26-23+/t22-/m1/s1. The van der Waals surface area contributed by atoms with E-state index in [0.717, 1.165) is 27.9 Å². The Morgan fingerprint density at radius 2 is 1.80 bits per heavy atom. The van der Waals surface area contributed by atoms with Crippen LogP contribution in [0.5, 0.6) is 0 Å². The molecule has 1 N–H and O–H groups in total. The summed E-state index contributed by atoms with van der Waals surface area (Å²) in [6, 6.07) is 16.2. The van der Waals surface area contributed by atoms with Gasteiger partial charge in [-0.2, -0.15) is 0 Å². The van der Waals surface area contributed by atoms with Gasteiger partial charge in [0.2, 0.25) is 0 Å². The number of hydrogen-bond acceptors (Lipinski definition) is 5. The number of benzene rings is 2. The van der Waals surface area contributed by atoms with Gasteiger partial charge in [-0.05, 0) is 66.9 Å². The highest BCUT2D eigenvalue weighted by Gasteiger charge is 2.21. The van der Waals surface area contributed by atoms with E-state index in [1.54, 1.807) is 24.4 Å². The van der Waals surface area contributed by atoms with Crippen LogP contribution in [0, 0.1) is 13.8 Å². The van der Waals surface area contributed by atoms with E-state index in [1.165, 1.54) is 6.26 Å². The fraction of sp³-hybridized carbons (Fsp3) is 0.217. The first-order chi connectivity index (χ1) is 14.2. The number of nitrogens with zero attached hydrogens (tertiary/aromatic N) is 2. The summed E-state index contributed by atoms with van der Waals surface area (Å²) in [7, 11) is -3.29. The summed E-state index contributed by atoms with van der Waals surface area (Å²) in [5.41, 5.74) is 5.08. The first-order valence-corrected chi connectivity index (χ1v) is 11.7. The summed E-state index contributed by atoms with van der Waals surface area (Å²) in [5, 5.41) is 13.9. The average Bonchev–Trinajstić information content (AvgIpc) is 2.69.